The second-order valence-corrected chi connectivity index (χ2v) is 4.94. The first-order chi connectivity index (χ1) is 9.08. The van der Waals surface area contributed by atoms with Crippen molar-refractivity contribution >= 4 is 5.91 Å². The standard InChI is InChI=1S/C14H20N2O3/c1-16(12(8-15)9-3-4-9)14(18)11-6-5-10(19-2)7-13(11)17/h5-7,9,12,17H,3-4,8,15H2,1-2H3. The molecule has 0 aliphatic heterocycles. The Hall–Kier alpha value is -1.75. The third-order valence-electron chi connectivity index (χ3n) is 3.66. The number of phenolic OH excluding ortho intramolecular Hbond substituents is 1. The quantitative estimate of drug-likeness (QED) is 0.838. The molecule has 0 aromatic heterocycles. The number of phenols is 1. The normalized spacial score (nSPS) is 15.9. The van der Waals surface area contributed by atoms with Gasteiger partial charge < -0.3 is 20.5 Å². The predicted octanol–water partition coefficient (Wildman–Crippen LogP) is 1.21. The number of hydrogen-bond acceptors (Lipinski definition) is 4. The van der Waals surface area contributed by atoms with E-state index >= 15 is 0 Å². The van der Waals surface area contributed by atoms with Crippen molar-refractivity contribution in [3.05, 3.63) is 23.8 Å². The van der Waals surface area contributed by atoms with Crippen LogP contribution in [-0.4, -0.2) is 42.7 Å². The molecule has 2 rings (SSSR count). The molecule has 1 aromatic carbocycles. The zero-order valence-electron chi connectivity index (χ0n) is 11.3. The topological polar surface area (TPSA) is 75.8 Å². The van der Waals surface area contributed by atoms with Crippen molar-refractivity contribution in [3.8, 4) is 11.5 Å². The number of methoxy groups -OCH3 is 1. The number of nitrogens with zero attached hydrogens (tertiary/aromatic N) is 1. The van der Waals surface area contributed by atoms with Gasteiger partial charge in [-0.05, 0) is 30.9 Å². The van der Waals surface area contributed by atoms with Crippen LogP contribution in [-0.2, 0) is 0 Å². The second kappa shape index (κ2) is 5.48. The summed E-state index contributed by atoms with van der Waals surface area (Å²) in [4.78, 5) is 14.0. The zero-order chi connectivity index (χ0) is 14.0. The molecule has 1 aliphatic rings. The minimum Gasteiger partial charge on any atom is -0.507 e. The maximum atomic E-state index is 12.4. The fourth-order valence-electron chi connectivity index (χ4n) is 2.31. The van der Waals surface area contributed by atoms with Crippen LogP contribution in [0, 0.1) is 5.92 Å². The number of carbonyl (C=O) groups is 1. The Morgan fingerprint density at radius 3 is 2.74 bits per heavy atom. The van der Waals surface area contributed by atoms with E-state index in [0.717, 1.165) is 12.8 Å². The number of nitrogens with two attached hydrogens (primary N) is 1. The van der Waals surface area contributed by atoms with Gasteiger partial charge in [0, 0.05) is 25.7 Å². The molecule has 0 spiro atoms. The van der Waals surface area contributed by atoms with Gasteiger partial charge in [0.25, 0.3) is 5.91 Å². The van der Waals surface area contributed by atoms with Gasteiger partial charge in [-0.15, -0.1) is 0 Å². The summed E-state index contributed by atoms with van der Waals surface area (Å²) < 4.78 is 5.00. The van der Waals surface area contributed by atoms with Gasteiger partial charge in [-0.2, -0.15) is 0 Å². The summed E-state index contributed by atoms with van der Waals surface area (Å²) in [6.45, 7) is 0.448. The Kier molecular flexibility index (Phi) is 3.95. The molecule has 1 unspecified atom stereocenters. The van der Waals surface area contributed by atoms with E-state index < -0.39 is 0 Å². The van der Waals surface area contributed by atoms with Crippen molar-refractivity contribution in [1.82, 2.24) is 4.90 Å². The highest BCUT2D eigenvalue weighted by molar-refractivity contribution is 5.97. The smallest absolute Gasteiger partial charge is 0.257 e. The Labute approximate surface area is 113 Å². The highest BCUT2D eigenvalue weighted by atomic mass is 16.5. The van der Waals surface area contributed by atoms with Crippen LogP contribution in [0.2, 0.25) is 0 Å². The van der Waals surface area contributed by atoms with E-state index in [1.807, 2.05) is 0 Å². The summed E-state index contributed by atoms with van der Waals surface area (Å²) in [7, 11) is 3.25. The van der Waals surface area contributed by atoms with E-state index in [2.05, 4.69) is 0 Å². The Bertz CT molecular complexity index is 472. The van der Waals surface area contributed by atoms with Gasteiger partial charge in [0.1, 0.15) is 11.5 Å². The van der Waals surface area contributed by atoms with Crippen LogP contribution < -0.4 is 10.5 Å². The average molecular weight is 264 g/mol. The van der Waals surface area contributed by atoms with E-state index in [0.29, 0.717) is 18.2 Å². The molecule has 0 radical (unpaired) electrons. The van der Waals surface area contributed by atoms with Crippen molar-refractivity contribution in [2.24, 2.45) is 11.7 Å². The van der Waals surface area contributed by atoms with Gasteiger partial charge in [-0.25, -0.2) is 0 Å². The summed E-state index contributed by atoms with van der Waals surface area (Å²) in [5.41, 5.74) is 6.02. The summed E-state index contributed by atoms with van der Waals surface area (Å²) >= 11 is 0. The average Bonchev–Trinajstić information content (AvgIpc) is 3.23. The Morgan fingerprint density at radius 1 is 1.58 bits per heavy atom. The largest absolute Gasteiger partial charge is 0.507 e. The van der Waals surface area contributed by atoms with E-state index in [9.17, 15) is 9.90 Å². The molecule has 0 saturated heterocycles. The fourth-order valence-corrected chi connectivity index (χ4v) is 2.31. The lowest BCUT2D eigenvalue weighted by molar-refractivity contribution is 0.0715. The predicted molar refractivity (Wildman–Crippen MR) is 72.3 cm³/mol. The van der Waals surface area contributed by atoms with E-state index in [1.165, 1.54) is 13.2 Å². The molecule has 1 aliphatic carbocycles. The van der Waals surface area contributed by atoms with Crippen molar-refractivity contribution in [2.45, 2.75) is 18.9 Å². The highest BCUT2D eigenvalue weighted by Crippen LogP contribution is 2.35. The number of carbonyl (C=O) groups excluding carboxylic acids is 1. The number of benzene rings is 1. The number of rotatable bonds is 5. The summed E-state index contributed by atoms with van der Waals surface area (Å²) in [5.74, 6) is 0.749. The molecular formula is C14H20N2O3. The van der Waals surface area contributed by atoms with Crippen LogP contribution in [0.5, 0.6) is 11.5 Å². The van der Waals surface area contributed by atoms with Crippen molar-refractivity contribution in [1.29, 1.82) is 0 Å². The first-order valence-electron chi connectivity index (χ1n) is 6.42. The van der Waals surface area contributed by atoms with Crippen molar-refractivity contribution in [3.63, 3.8) is 0 Å². The molecule has 0 heterocycles. The molecule has 104 valence electrons. The van der Waals surface area contributed by atoms with E-state index in [1.54, 1.807) is 24.1 Å². The van der Waals surface area contributed by atoms with Crippen LogP contribution in [0.25, 0.3) is 0 Å². The van der Waals surface area contributed by atoms with Gasteiger partial charge >= 0.3 is 0 Å². The molecule has 1 amide bonds. The van der Waals surface area contributed by atoms with Crippen molar-refractivity contribution < 1.29 is 14.6 Å². The van der Waals surface area contributed by atoms with Crippen LogP contribution >= 0.6 is 0 Å². The number of hydrogen-bond donors (Lipinski definition) is 2. The molecule has 5 nitrogen and oxygen atoms in total. The third-order valence-corrected chi connectivity index (χ3v) is 3.66. The lowest BCUT2D eigenvalue weighted by Gasteiger charge is -2.27. The van der Waals surface area contributed by atoms with Crippen LogP contribution in [0.4, 0.5) is 0 Å². The molecule has 1 fully saturated rings. The molecule has 1 saturated carbocycles. The second-order valence-electron chi connectivity index (χ2n) is 4.94. The lowest BCUT2D eigenvalue weighted by Crippen LogP contribution is -2.43. The summed E-state index contributed by atoms with van der Waals surface area (Å²) in [5, 5.41) is 9.89. The Morgan fingerprint density at radius 2 is 2.26 bits per heavy atom. The van der Waals surface area contributed by atoms with Gasteiger partial charge in [0.05, 0.1) is 12.7 Å². The Balaban J connectivity index is 2.18. The number of aromatic hydroxyl groups is 1. The van der Waals surface area contributed by atoms with Gasteiger partial charge in [0.2, 0.25) is 0 Å². The van der Waals surface area contributed by atoms with Crippen LogP contribution in [0.3, 0.4) is 0 Å². The van der Waals surface area contributed by atoms with Crippen LogP contribution in [0.1, 0.15) is 23.2 Å². The molecular weight excluding hydrogens is 244 g/mol. The SMILES string of the molecule is COc1ccc(C(=O)N(C)C(CN)C2CC2)c(O)c1. The van der Waals surface area contributed by atoms with Crippen molar-refractivity contribution in [2.75, 3.05) is 20.7 Å². The van der Waals surface area contributed by atoms with E-state index in [4.69, 9.17) is 10.5 Å². The lowest BCUT2D eigenvalue weighted by atomic mass is 10.1. The molecule has 3 N–H and O–H groups in total. The van der Waals surface area contributed by atoms with E-state index in [-0.39, 0.29) is 23.3 Å². The van der Waals surface area contributed by atoms with Gasteiger partial charge in [-0.3, -0.25) is 4.79 Å². The monoisotopic (exact) mass is 264 g/mol. The van der Waals surface area contributed by atoms with Crippen LogP contribution in [0.15, 0.2) is 18.2 Å². The highest BCUT2D eigenvalue weighted by Gasteiger charge is 2.35. The number of likely N-dealkylation sites (N-methyl/N-ethyl adjacent to an activating group) is 1. The minimum atomic E-state index is -0.206. The first-order valence-corrected chi connectivity index (χ1v) is 6.42. The van der Waals surface area contributed by atoms with Gasteiger partial charge in [-0.1, -0.05) is 0 Å². The molecule has 19 heavy (non-hydrogen) atoms. The number of amides is 1. The van der Waals surface area contributed by atoms with Gasteiger partial charge in [0.15, 0.2) is 0 Å². The molecule has 0 bridgehead atoms. The fraction of sp³-hybridized carbons (Fsp3) is 0.500. The zero-order valence-corrected chi connectivity index (χ0v) is 11.3. The minimum absolute atomic E-state index is 0.0500. The molecule has 1 atom stereocenters. The summed E-state index contributed by atoms with van der Waals surface area (Å²) in [6.07, 6.45) is 2.24. The maximum absolute atomic E-state index is 12.4. The third kappa shape index (κ3) is 2.81. The molecule has 5 heteroatoms. The molecule has 1 aromatic rings. The summed E-state index contributed by atoms with van der Waals surface area (Å²) in [6, 6.07) is 4.73. The maximum Gasteiger partial charge on any atom is 0.257 e. The first kappa shape index (κ1) is 13.7. The number of ether oxygens (including phenoxy) is 1.